The Morgan fingerprint density at radius 1 is 1.06 bits per heavy atom. The number of allylic oxidation sites excluding steroid dienone is 2. The van der Waals surface area contributed by atoms with Gasteiger partial charge in [-0.05, 0) is 69.6 Å². The monoisotopic (exact) mass is 485 g/mol. The van der Waals surface area contributed by atoms with Crippen molar-refractivity contribution < 1.29 is 18.7 Å². The maximum absolute atomic E-state index is 13.7. The highest BCUT2D eigenvalue weighted by molar-refractivity contribution is 9.10. The Bertz CT molecular complexity index is 1050. The molecule has 1 N–H and O–H groups in total. The number of carbonyl (C=O) groups excluding carboxylic acids is 2. The topological polar surface area (TPSA) is 55.4 Å². The van der Waals surface area contributed by atoms with Crippen LogP contribution in [0, 0.1) is 11.7 Å². The summed E-state index contributed by atoms with van der Waals surface area (Å²) in [6.07, 6.45) is 1.17. The van der Waals surface area contributed by atoms with Crippen LogP contribution in [0.5, 0.6) is 5.75 Å². The van der Waals surface area contributed by atoms with Gasteiger partial charge in [0.1, 0.15) is 11.6 Å². The Kier molecular flexibility index (Phi) is 6.28. The molecule has 1 aliphatic carbocycles. The zero-order valence-corrected chi connectivity index (χ0v) is 19.2. The van der Waals surface area contributed by atoms with Crippen LogP contribution in [0.25, 0.3) is 0 Å². The minimum absolute atomic E-state index is 0.00408. The van der Waals surface area contributed by atoms with E-state index >= 15 is 0 Å². The van der Waals surface area contributed by atoms with E-state index in [4.69, 9.17) is 4.74 Å². The molecule has 2 aromatic carbocycles. The van der Waals surface area contributed by atoms with Crippen molar-refractivity contribution in [2.45, 2.75) is 44.9 Å². The summed E-state index contributed by atoms with van der Waals surface area (Å²) in [4.78, 5) is 25.6. The van der Waals surface area contributed by atoms with Crippen molar-refractivity contribution in [1.82, 2.24) is 5.32 Å². The van der Waals surface area contributed by atoms with Crippen molar-refractivity contribution >= 4 is 27.6 Å². The Balaban J connectivity index is 1.59. The number of ketones is 1. The number of Topliss-reactive ketones (excluding diaryl/α,β-unsaturated/α-hetero) is 1. The molecule has 1 aliphatic heterocycles. The van der Waals surface area contributed by atoms with Gasteiger partial charge in [-0.25, -0.2) is 4.39 Å². The van der Waals surface area contributed by atoms with E-state index < -0.39 is 0 Å². The van der Waals surface area contributed by atoms with Gasteiger partial charge in [-0.1, -0.05) is 32.0 Å². The molecule has 2 aliphatic rings. The number of nitrogens with one attached hydrogen (secondary N) is 1. The Labute approximate surface area is 190 Å². The van der Waals surface area contributed by atoms with Gasteiger partial charge in [0.2, 0.25) is 5.91 Å². The van der Waals surface area contributed by atoms with Crippen LogP contribution < -0.4 is 10.1 Å². The number of ether oxygens (including phenoxy) is 1. The summed E-state index contributed by atoms with van der Waals surface area (Å²) < 4.78 is 19.8. The zero-order chi connectivity index (χ0) is 22.1. The normalized spacial score (nSPS) is 21.2. The second-order valence-corrected chi connectivity index (χ2v) is 9.53. The predicted molar refractivity (Wildman–Crippen MR) is 120 cm³/mol. The highest BCUT2D eigenvalue weighted by Crippen LogP contribution is 2.43. The van der Waals surface area contributed by atoms with Gasteiger partial charge in [0.25, 0.3) is 0 Å². The second kappa shape index (κ2) is 8.95. The van der Waals surface area contributed by atoms with Gasteiger partial charge in [0, 0.05) is 30.0 Å². The van der Waals surface area contributed by atoms with Crippen molar-refractivity contribution in [1.29, 1.82) is 0 Å². The van der Waals surface area contributed by atoms with E-state index in [9.17, 15) is 14.0 Å². The van der Waals surface area contributed by atoms with Gasteiger partial charge < -0.3 is 10.1 Å². The molecule has 0 aromatic heterocycles. The zero-order valence-electron chi connectivity index (χ0n) is 17.6. The van der Waals surface area contributed by atoms with Gasteiger partial charge in [0.15, 0.2) is 5.78 Å². The van der Waals surface area contributed by atoms with Crippen LogP contribution >= 0.6 is 15.9 Å². The molecule has 1 heterocycles. The number of benzene rings is 2. The molecule has 0 saturated heterocycles. The quantitative estimate of drug-likeness (QED) is 0.597. The van der Waals surface area contributed by atoms with Crippen LogP contribution in [0.1, 0.15) is 56.1 Å². The molecule has 0 spiro atoms. The third-order valence-corrected chi connectivity index (χ3v) is 6.42. The van der Waals surface area contributed by atoms with Crippen molar-refractivity contribution in [3.63, 3.8) is 0 Å². The van der Waals surface area contributed by atoms with E-state index in [1.165, 1.54) is 6.07 Å². The van der Waals surface area contributed by atoms with Gasteiger partial charge in [0.05, 0.1) is 11.1 Å². The van der Waals surface area contributed by atoms with E-state index in [2.05, 4.69) is 35.1 Å². The molecule has 4 nitrogen and oxygen atoms in total. The van der Waals surface area contributed by atoms with Gasteiger partial charge >= 0.3 is 0 Å². The highest BCUT2D eigenvalue weighted by Gasteiger charge is 2.38. The molecule has 1 amide bonds. The third-order valence-electron chi connectivity index (χ3n) is 5.82. The summed E-state index contributed by atoms with van der Waals surface area (Å²) in [7, 11) is 0. The van der Waals surface area contributed by atoms with Gasteiger partial charge in [-0.15, -0.1) is 0 Å². The van der Waals surface area contributed by atoms with Crippen LogP contribution in [0.15, 0.2) is 58.2 Å². The molecular formula is C25H25BrFNO3. The summed E-state index contributed by atoms with van der Waals surface area (Å²) in [6, 6.07) is 12.6. The first kappa shape index (κ1) is 21.8. The van der Waals surface area contributed by atoms with Gasteiger partial charge in [-0.3, -0.25) is 9.59 Å². The fourth-order valence-electron chi connectivity index (χ4n) is 4.31. The number of carbonyl (C=O) groups is 2. The average Bonchev–Trinajstić information content (AvgIpc) is 2.73. The molecule has 4 rings (SSSR count). The van der Waals surface area contributed by atoms with E-state index in [0.717, 1.165) is 16.9 Å². The summed E-state index contributed by atoms with van der Waals surface area (Å²) in [6.45, 7) is 4.86. The van der Waals surface area contributed by atoms with E-state index in [-0.39, 0.29) is 35.8 Å². The lowest BCUT2D eigenvalue weighted by Gasteiger charge is -2.34. The maximum atomic E-state index is 13.7. The molecule has 31 heavy (non-hydrogen) atoms. The molecule has 2 aromatic rings. The van der Waals surface area contributed by atoms with Crippen molar-refractivity contribution in [2.75, 3.05) is 6.61 Å². The standard InChI is InChI=1S/C25H25BrFNO3/c1-14(2)13-31-18-6-3-15(4-7-18)17-10-22-25(23(29)11-17)19(12-24(30)28-22)16-5-8-21(27)20(26)9-16/h3-9,14,17,19H,10-13H2,1-2H3,(H,28,30). The second-order valence-electron chi connectivity index (χ2n) is 8.67. The minimum atomic E-state index is -0.367. The summed E-state index contributed by atoms with van der Waals surface area (Å²) in [5, 5.41) is 2.93. The average molecular weight is 486 g/mol. The number of hydrogen-bond donors (Lipinski definition) is 1. The van der Waals surface area contributed by atoms with Crippen LogP contribution in [0.2, 0.25) is 0 Å². The van der Waals surface area contributed by atoms with E-state index in [0.29, 0.717) is 41.1 Å². The Morgan fingerprint density at radius 3 is 2.45 bits per heavy atom. The SMILES string of the molecule is CC(C)COc1ccc(C2CC(=O)C3=C(C2)NC(=O)CC3c2ccc(F)c(Br)c2)cc1. The molecule has 162 valence electrons. The largest absolute Gasteiger partial charge is 0.493 e. The van der Waals surface area contributed by atoms with E-state index in [1.807, 2.05) is 24.3 Å². The maximum Gasteiger partial charge on any atom is 0.225 e. The molecular weight excluding hydrogens is 461 g/mol. The highest BCUT2D eigenvalue weighted by atomic mass is 79.9. The summed E-state index contributed by atoms with van der Waals surface area (Å²) >= 11 is 3.21. The van der Waals surface area contributed by atoms with Gasteiger partial charge in [-0.2, -0.15) is 0 Å². The smallest absolute Gasteiger partial charge is 0.225 e. The number of hydrogen-bond acceptors (Lipinski definition) is 3. The lowest BCUT2D eigenvalue weighted by atomic mass is 9.73. The Hall–Kier alpha value is -2.47. The first-order valence-electron chi connectivity index (χ1n) is 10.6. The van der Waals surface area contributed by atoms with Crippen molar-refractivity contribution in [2.24, 2.45) is 5.92 Å². The first-order valence-corrected chi connectivity index (χ1v) is 11.3. The lowest BCUT2D eigenvalue weighted by Crippen LogP contribution is -2.38. The van der Waals surface area contributed by atoms with Crippen LogP contribution in [-0.4, -0.2) is 18.3 Å². The summed E-state index contributed by atoms with van der Waals surface area (Å²) in [5.41, 5.74) is 3.18. The van der Waals surface area contributed by atoms with Crippen molar-refractivity contribution in [3.8, 4) is 5.75 Å². The molecule has 0 bridgehead atoms. The fraction of sp³-hybridized carbons (Fsp3) is 0.360. The predicted octanol–water partition coefficient (Wildman–Crippen LogP) is 5.63. The molecule has 6 heteroatoms. The third kappa shape index (κ3) is 4.74. The molecule has 0 saturated carbocycles. The van der Waals surface area contributed by atoms with E-state index in [1.54, 1.807) is 12.1 Å². The molecule has 2 atom stereocenters. The fourth-order valence-corrected chi connectivity index (χ4v) is 4.71. The first-order chi connectivity index (χ1) is 14.8. The van der Waals surface area contributed by atoms with Crippen molar-refractivity contribution in [3.05, 3.63) is 75.2 Å². The summed E-state index contributed by atoms with van der Waals surface area (Å²) in [5.74, 6) is 0.476. The number of amides is 1. The minimum Gasteiger partial charge on any atom is -0.493 e. The van der Waals surface area contributed by atoms with Crippen LogP contribution in [-0.2, 0) is 9.59 Å². The Morgan fingerprint density at radius 2 is 1.77 bits per heavy atom. The van der Waals surface area contributed by atoms with Crippen LogP contribution in [0.3, 0.4) is 0 Å². The lowest BCUT2D eigenvalue weighted by molar-refractivity contribution is -0.122. The molecule has 0 fully saturated rings. The van der Waals surface area contributed by atoms with Crippen LogP contribution in [0.4, 0.5) is 4.39 Å². The molecule has 0 radical (unpaired) electrons. The number of rotatable bonds is 5. The number of halogens is 2. The molecule has 2 unspecified atom stereocenters.